The summed E-state index contributed by atoms with van der Waals surface area (Å²) in [6.07, 6.45) is -3.24. The molecule has 8 heteroatoms. The van der Waals surface area contributed by atoms with Crippen LogP contribution in [0.2, 0.25) is 0 Å². The van der Waals surface area contributed by atoms with E-state index < -0.39 is 6.36 Å². The number of H-pyrrole nitrogens is 1. The van der Waals surface area contributed by atoms with Gasteiger partial charge in [0.15, 0.2) is 0 Å². The molecule has 0 atom stereocenters. The first-order valence-corrected chi connectivity index (χ1v) is 11.6. The Morgan fingerprint density at radius 1 is 0.971 bits per heavy atom. The van der Waals surface area contributed by atoms with E-state index in [4.69, 9.17) is 4.74 Å². The Hall–Kier alpha value is -3.52. The highest BCUT2D eigenvalue weighted by Crippen LogP contribution is 2.43. The minimum atomic E-state index is -4.86. The van der Waals surface area contributed by atoms with Gasteiger partial charge in [-0.15, -0.1) is 13.2 Å². The van der Waals surface area contributed by atoms with Crippen LogP contribution in [0.5, 0.6) is 11.5 Å². The fraction of sp³-hybridized carbons (Fsp3) is 0.296. The van der Waals surface area contributed by atoms with Gasteiger partial charge in [-0.1, -0.05) is 42.5 Å². The molecule has 3 aromatic carbocycles. The number of nitrogens with zero attached hydrogens (tertiary/aromatic N) is 2. The van der Waals surface area contributed by atoms with Crippen LogP contribution >= 0.6 is 0 Å². The summed E-state index contributed by atoms with van der Waals surface area (Å²) in [4.78, 5) is 10.0. The van der Waals surface area contributed by atoms with Crippen LogP contribution in [-0.4, -0.2) is 47.5 Å². The second kappa shape index (κ2) is 9.62. The molecular weight excluding hydrogens is 455 g/mol. The molecule has 1 saturated heterocycles. The molecule has 1 N–H and O–H groups in total. The van der Waals surface area contributed by atoms with Crippen molar-refractivity contribution in [2.24, 2.45) is 0 Å². The van der Waals surface area contributed by atoms with Crippen LogP contribution in [-0.2, 0) is 6.42 Å². The smallest absolute Gasteiger partial charge is 0.490 e. The van der Waals surface area contributed by atoms with Crippen LogP contribution in [0.3, 0.4) is 0 Å². The summed E-state index contributed by atoms with van der Waals surface area (Å²) in [5.74, 6) is 0.671. The maximum absolute atomic E-state index is 13.7. The summed E-state index contributed by atoms with van der Waals surface area (Å²) in [6, 6.07) is 19.8. The average molecular weight is 482 g/mol. The fourth-order valence-corrected chi connectivity index (χ4v) is 4.50. The zero-order chi connectivity index (χ0) is 24.4. The van der Waals surface area contributed by atoms with Crippen LogP contribution in [0.25, 0.3) is 22.2 Å². The number of alkyl halides is 3. The number of benzene rings is 3. The highest BCUT2D eigenvalue weighted by molar-refractivity contribution is 5.76. The van der Waals surface area contributed by atoms with E-state index in [-0.39, 0.29) is 18.3 Å². The lowest BCUT2D eigenvalue weighted by molar-refractivity contribution is -0.274. The van der Waals surface area contributed by atoms with Gasteiger partial charge in [-0.05, 0) is 49.7 Å². The Kier molecular flexibility index (Phi) is 6.38. The highest BCUT2D eigenvalue weighted by atomic mass is 19.4. The summed E-state index contributed by atoms with van der Waals surface area (Å²) < 4.78 is 52.0. The van der Waals surface area contributed by atoms with E-state index in [9.17, 15) is 13.2 Å². The van der Waals surface area contributed by atoms with Crippen molar-refractivity contribution in [1.82, 2.24) is 14.9 Å². The number of likely N-dealkylation sites (tertiary alicyclic amines) is 1. The second-order valence-corrected chi connectivity index (χ2v) is 8.83. The normalized spacial score (nSPS) is 15.4. The Labute approximate surface area is 201 Å². The van der Waals surface area contributed by atoms with Crippen LogP contribution in [0, 0.1) is 0 Å². The predicted molar refractivity (Wildman–Crippen MR) is 129 cm³/mol. The van der Waals surface area contributed by atoms with E-state index in [0.717, 1.165) is 37.0 Å². The quantitative estimate of drug-likeness (QED) is 0.357. The van der Waals surface area contributed by atoms with Gasteiger partial charge < -0.3 is 19.4 Å². The predicted octanol–water partition coefficient (Wildman–Crippen LogP) is 6.19. The van der Waals surface area contributed by atoms with Gasteiger partial charge in [0.05, 0.1) is 11.0 Å². The molecule has 1 aliphatic heterocycles. The minimum Gasteiger partial charge on any atom is -0.490 e. The lowest BCUT2D eigenvalue weighted by atomic mass is 9.98. The third kappa shape index (κ3) is 5.43. The number of imidazole rings is 1. The van der Waals surface area contributed by atoms with Gasteiger partial charge in [-0.2, -0.15) is 0 Å². The van der Waals surface area contributed by atoms with Crippen molar-refractivity contribution < 1.29 is 22.6 Å². The average Bonchev–Trinajstić information content (AvgIpc) is 3.25. The zero-order valence-electron chi connectivity index (χ0n) is 19.3. The van der Waals surface area contributed by atoms with E-state index in [1.165, 1.54) is 0 Å². The molecular formula is C27H26F3N3O2. The summed E-state index contributed by atoms with van der Waals surface area (Å²) in [5.41, 5.74) is 2.87. The van der Waals surface area contributed by atoms with Gasteiger partial charge in [0.2, 0.25) is 0 Å². The summed E-state index contributed by atoms with van der Waals surface area (Å²) in [7, 11) is 2.05. The van der Waals surface area contributed by atoms with Crippen LogP contribution in [0.1, 0.15) is 24.2 Å². The number of aromatic amines is 1. The van der Waals surface area contributed by atoms with Crippen molar-refractivity contribution in [3.05, 3.63) is 78.1 Å². The first-order chi connectivity index (χ1) is 16.9. The molecule has 2 heterocycles. The minimum absolute atomic E-state index is 0.0815. The number of rotatable bonds is 6. The Morgan fingerprint density at radius 3 is 2.40 bits per heavy atom. The van der Waals surface area contributed by atoms with Crippen molar-refractivity contribution >= 4 is 11.0 Å². The second-order valence-electron chi connectivity index (χ2n) is 8.83. The maximum atomic E-state index is 13.7. The molecule has 0 saturated carbocycles. The molecule has 0 radical (unpaired) electrons. The van der Waals surface area contributed by atoms with Crippen molar-refractivity contribution in [1.29, 1.82) is 0 Å². The molecule has 5 nitrogen and oxygen atoms in total. The molecule has 0 spiro atoms. The third-order valence-electron chi connectivity index (χ3n) is 6.26. The van der Waals surface area contributed by atoms with Gasteiger partial charge in [0.25, 0.3) is 0 Å². The topological polar surface area (TPSA) is 50.4 Å². The van der Waals surface area contributed by atoms with Crippen LogP contribution in [0.15, 0.2) is 66.7 Å². The van der Waals surface area contributed by atoms with Gasteiger partial charge in [-0.25, -0.2) is 4.98 Å². The summed E-state index contributed by atoms with van der Waals surface area (Å²) in [6.45, 7) is 1.75. The Balaban J connectivity index is 1.61. The third-order valence-corrected chi connectivity index (χ3v) is 6.26. The van der Waals surface area contributed by atoms with Gasteiger partial charge in [-0.3, -0.25) is 0 Å². The number of ether oxygens (including phenoxy) is 2. The number of halogens is 3. The molecule has 1 aliphatic rings. The number of aromatic nitrogens is 2. The first-order valence-electron chi connectivity index (χ1n) is 11.6. The molecule has 5 rings (SSSR count). The van der Waals surface area contributed by atoms with E-state index in [1.807, 2.05) is 37.4 Å². The maximum Gasteiger partial charge on any atom is 0.573 e. The lowest BCUT2D eigenvalue weighted by Crippen LogP contribution is -2.35. The van der Waals surface area contributed by atoms with Crippen LogP contribution < -0.4 is 9.47 Å². The number of hydrogen-bond acceptors (Lipinski definition) is 4. The van der Waals surface area contributed by atoms with E-state index in [1.54, 1.807) is 36.4 Å². The Bertz CT molecular complexity index is 1260. The molecule has 1 fully saturated rings. The molecule has 0 unspecified atom stereocenters. The van der Waals surface area contributed by atoms with E-state index in [0.29, 0.717) is 28.3 Å². The SMILES string of the molecule is CN1CCC(Oc2ccc(-c3ccccc3)c(OC(F)(F)F)c2Cc2nc3ccccc3[nH]2)CC1. The van der Waals surface area contributed by atoms with Gasteiger partial charge in [0, 0.05) is 30.6 Å². The number of fused-ring (bicyclic) bond motifs is 1. The van der Waals surface area contributed by atoms with Crippen LogP contribution in [0.4, 0.5) is 13.2 Å². The molecule has 0 bridgehead atoms. The first kappa shape index (κ1) is 23.2. The van der Waals surface area contributed by atoms with E-state index >= 15 is 0 Å². The number of nitrogens with one attached hydrogen (secondary N) is 1. The van der Waals surface area contributed by atoms with E-state index in [2.05, 4.69) is 19.6 Å². The lowest BCUT2D eigenvalue weighted by Gasteiger charge is -2.30. The monoisotopic (exact) mass is 481 g/mol. The highest BCUT2D eigenvalue weighted by Gasteiger charge is 2.35. The fourth-order valence-electron chi connectivity index (χ4n) is 4.50. The summed E-state index contributed by atoms with van der Waals surface area (Å²) >= 11 is 0. The van der Waals surface area contributed by atoms with Gasteiger partial charge in [0.1, 0.15) is 23.4 Å². The molecule has 0 aliphatic carbocycles. The standard InChI is InChI=1S/C27H26F3N3O2/c1-33-15-13-19(14-16-33)34-24-12-11-20(18-7-3-2-4-8-18)26(35-27(28,29)30)21(24)17-25-31-22-9-5-6-10-23(22)32-25/h2-12,19H,13-17H2,1H3,(H,31,32). The van der Waals surface area contributed by atoms with Gasteiger partial charge >= 0.3 is 6.36 Å². The molecule has 0 amide bonds. The number of hydrogen-bond donors (Lipinski definition) is 1. The van der Waals surface area contributed by atoms with Crippen molar-refractivity contribution in [2.75, 3.05) is 20.1 Å². The number of para-hydroxylation sites is 2. The number of piperidine rings is 1. The van der Waals surface area contributed by atoms with Crippen molar-refractivity contribution in [3.8, 4) is 22.6 Å². The molecule has 4 aromatic rings. The Morgan fingerprint density at radius 2 is 1.69 bits per heavy atom. The van der Waals surface area contributed by atoms with Crippen molar-refractivity contribution in [3.63, 3.8) is 0 Å². The summed E-state index contributed by atoms with van der Waals surface area (Å²) in [5, 5.41) is 0. The largest absolute Gasteiger partial charge is 0.573 e. The molecule has 182 valence electrons. The zero-order valence-corrected chi connectivity index (χ0v) is 19.3. The van der Waals surface area contributed by atoms with Crippen molar-refractivity contribution in [2.45, 2.75) is 31.7 Å². The molecule has 1 aromatic heterocycles. The molecule has 35 heavy (non-hydrogen) atoms.